The summed E-state index contributed by atoms with van der Waals surface area (Å²) in [6.07, 6.45) is 3.05. The quantitative estimate of drug-likeness (QED) is 0.468. The Labute approximate surface area is 198 Å². The maximum absolute atomic E-state index is 13.3. The molecule has 1 N–H and O–H groups in total. The SMILES string of the molecule is CCOc1ccc(N2C(=O)C(O)=C(C(=O)/C=C/c3ccccc3)[C@H]2c2ccc(OC)cc2)cc1. The van der Waals surface area contributed by atoms with E-state index in [1.165, 1.54) is 11.0 Å². The number of ketones is 1. The second kappa shape index (κ2) is 10.1. The minimum absolute atomic E-state index is 0.0243. The lowest BCUT2D eigenvalue weighted by Crippen LogP contribution is -2.30. The van der Waals surface area contributed by atoms with Gasteiger partial charge < -0.3 is 14.6 Å². The van der Waals surface area contributed by atoms with Crippen LogP contribution < -0.4 is 14.4 Å². The Morgan fingerprint density at radius 2 is 1.62 bits per heavy atom. The number of rotatable bonds is 8. The van der Waals surface area contributed by atoms with E-state index in [2.05, 4.69) is 0 Å². The molecule has 0 aliphatic carbocycles. The summed E-state index contributed by atoms with van der Waals surface area (Å²) < 4.78 is 10.8. The second-order valence-electron chi connectivity index (χ2n) is 7.65. The Morgan fingerprint density at radius 3 is 2.24 bits per heavy atom. The number of allylic oxidation sites excluding steroid dienone is 1. The predicted molar refractivity (Wildman–Crippen MR) is 131 cm³/mol. The first-order valence-corrected chi connectivity index (χ1v) is 10.9. The van der Waals surface area contributed by atoms with E-state index in [0.717, 1.165) is 5.56 Å². The number of amides is 1. The first kappa shape index (κ1) is 22.9. The number of nitrogens with zero attached hydrogens (tertiary/aromatic N) is 1. The molecule has 0 radical (unpaired) electrons. The molecule has 0 saturated carbocycles. The summed E-state index contributed by atoms with van der Waals surface area (Å²) in [7, 11) is 1.56. The molecule has 6 heteroatoms. The Kier molecular flexibility index (Phi) is 6.78. The van der Waals surface area contributed by atoms with Crippen molar-refractivity contribution in [3.05, 3.63) is 107 Å². The van der Waals surface area contributed by atoms with Gasteiger partial charge in [-0.2, -0.15) is 0 Å². The van der Waals surface area contributed by atoms with E-state index in [4.69, 9.17) is 9.47 Å². The highest BCUT2D eigenvalue weighted by molar-refractivity contribution is 6.19. The number of anilines is 1. The van der Waals surface area contributed by atoms with Crippen LogP contribution in [0.4, 0.5) is 5.69 Å². The molecule has 0 aromatic heterocycles. The molecule has 4 rings (SSSR count). The lowest BCUT2D eigenvalue weighted by Gasteiger charge is -2.27. The van der Waals surface area contributed by atoms with Gasteiger partial charge in [0.1, 0.15) is 11.5 Å². The largest absolute Gasteiger partial charge is 0.503 e. The molecule has 1 aliphatic rings. The van der Waals surface area contributed by atoms with Crippen molar-refractivity contribution >= 4 is 23.5 Å². The van der Waals surface area contributed by atoms with E-state index in [0.29, 0.717) is 29.4 Å². The zero-order chi connectivity index (χ0) is 24.1. The molecule has 0 saturated heterocycles. The molecular formula is C28H25NO5. The first-order chi connectivity index (χ1) is 16.5. The van der Waals surface area contributed by atoms with Gasteiger partial charge in [-0.1, -0.05) is 48.5 Å². The number of ether oxygens (including phenoxy) is 2. The minimum atomic E-state index is -0.802. The van der Waals surface area contributed by atoms with Crippen LogP contribution in [0.1, 0.15) is 24.1 Å². The third-order valence-corrected chi connectivity index (χ3v) is 5.56. The molecule has 0 spiro atoms. The zero-order valence-electron chi connectivity index (χ0n) is 19.0. The lowest BCUT2D eigenvalue weighted by molar-refractivity contribution is -0.117. The molecule has 1 amide bonds. The Balaban J connectivity index is 1.75. The van der Waals surface area contributed by atoms with Crippen LogP contribution in [0.25, 0.3) is 6.08 Å². The number of aliphatic hydroxyl groups is 1. The van der Waals surface area contributed by atoms with E-state index in [1.807, 2.05) is 37.3 Å². The summed E-state index contributed by atoms with van der Waals surface area (Å²) in [5.41, 5.74) is 2.07. The standard InChI is InChI=1S/C28H25NO5/c1-3-34-23-16-12-21(13-17-23)29-26(20-10-14-22(33-2)15-11-20)25(27(31)28(29)32)24(30)18-9-19-7-5-4-6-8-19/h4-18,26,31H,3H2,1-2H3/b18-9+/t26-/m1/s1. The molecule has 34 heavy (non-hydrogen) atoms. The molecular weight excluding hydrogens is 430 g/mol. The van der Waals surface area contributed by atoms with E-state index < -0.39 is 23.5 Å². The normalized spacial score (nSPS) is 15.8. The van der Waals surface area contributed by atoms with Crippen molar-refractivity contribution < 1.29 is 24.2 Å². The van der Waals surface area contributed by atoms with Crippen LogP contribution in [0.3, 0.4) is 0 Å². The smallest absolute Gasteiger partial charge is 0.294 e. The second-order valence-corrected chi connectivity index (χ2v) is 7.65. The van der Waals surface area contributed by atoms with Crippen molar-refractivity contribution in [3.63, 3.8) is 0 Å². The number of carbonyl (C=O) groups is 2. The number of aliphatic hydroxyl groups excluding tert-OH is 1. The Morgan fingerprint density at radius 1 is 0.971 bits per heavy atom. The molecule has 6 nitrogen and oxygen atoms in total. The monoisotopic (exact) mass is 455 g/mol. The van der Waals surface area contributed by atoms with E-state index in [9.17, 15) is 14.7 Å². The zero-order valence-corrected chi connectivity index (χ0v) is 19.0. The van der Waals surface area contributed by atoms with Crippen molar-refractivity contribution in [2.45, 2.75) is 13.0 Å². The van der Waals surface area contributed by atoms with Gasteiger partial charge in [-0.15, -0.1) is 0 Å². The van der Waals surface area contributed by atoms with Crippen LogP contribution in [-0.4, -0.2) is 30.5 Å². The summed E-state index contributed by atoms with van der Waals surface area (Å²) in [4.78, 5) is 27.9. The summed E-state index contributed by atoms with van der Waals surface area (Å²) in [5, 5.41) is 10.8. The molecule has 0 bridgehead atoms. The molecule has 1 aliphatic heterocycles. The molecule has 1 atom stereocenters. The number of hydrogen-bond acceptors (Lipinski definition) is 5. The van der Waals surface area contributed by atoms with Gasteiger partial charge in [0.2, 0.25) is 0 Å². The van der Waals surface area contributed by atoms with Crippen molar-refractivity contribution in [1.82, 2.24) is 0 Å². The molecule has 0 unspecified atom stereocenters. The summed E-state index contributed by atoms with van der Waals surface area (Å²) >= 11 is 0. The maximum atomic E-state index is 13.3. The van der Waals surface area contributed by atoms with Gasteiger partial charge in [-0.05, 0) is 60.5 Å². The van der Waals surface area contributed by atoms with Crippen molar-refractivity contribution in [1.29, 1.82) is 0 Å². The average molecular weight is 456 g/mol. The van der Waals surface area contributed by atoms with Gasteiger partial charge >= 0.3 is 0 Å². The van der Waals surface area contributed by atoms with E-state index in [1.54, 1.807) is 61.7 Å². The van der Waals surface area contributed by atoms with Crippen molar-refractivity contribution in [3.8, 4) is 11.5 Å². The highest BCUT2D eigenvalue weighted by Gasteiger charge is 2.43. The summed E-state index contributed by atoms with van der Waals surface area (Å²) in [6, 6.07) is 22.6. The average Bonchev–Trinajstić information content (AvgIpc) is 3.14. The third-order valence-electron chi connectivity index (χ3n) is 5.56. The van der Waals surface area contributed by atoms with Gasteiger partial charge in [0, 0.05) is 5.69 Å². The lowest BCUT2D eigenvalue weighted by atomic mass is 9.95. The van der Waals surface area contributed by atoms with Crippen molar-refractivity contribution in [2.75, 3.05) is 18.6 Å². The van der Waals surface area contributed by atoms with Crippen LogP contribution in [0.2, 0.25) is 0 Å². The summed E-state index contributed by atoms with van der Waals surface area (Å²) in [6.45, 7) is 2.41. The van der Waals surface area contributed by atoms with Crippen LogP contribution in [0, 0.1) is 0 Å². The molecule has 172 valence electrons. The van der Waals surface area contributed by atoms with Crippen LogP contribution >= 0.6 is 0 Å². The molecule has 3 aromatic rings. The molecule has 3 aromatic carbocycles. The molecule has 1 heterocycles. The predicted octanol–water partition coefficient (Wildman–Crippen LogP) is 5.28. The molecule has 0 fully saturated rings. The van der Waals surface area contributed by atoms with Gasteiger partial charge in [-0.25, -0.2) is 0 Å². The highest BCUT2D eigenvalue weighted by Crippen LogP contribution is 2.41. The number of methoxy groups -OCH3 is 1. The Bertz CT molecular complexity index is 1230. The fourth-order valence-corrected chi connectivity index (χ4v) is 3.92. The van der Waals surface area contributed by atoms with Crippen LogP contribution in [-0.2, 0) is 9.59 Å². The van der Waals surface area contributed by atoms with Gasteiger partial charge in [0.05, 0.1) is 25.3 Å². The van der Waals surface area contributed by atoms with E-state index in [-0.39, 0.29) is 5.57 Å². The minimum Gasteiger partial charge on any atom is -0.503 e. The Hall–Kier alpha value is -4.32. The number of benzene rings is 3. The topological polar surface area (TPSA) is 76.1 Å². The highest BCUT2D eigenvalue weighted by atomic mass is 16.5. The van der Waals surface area contributed by atoms with Crippen LogP contribution in [0.15, 0.2) is 96.3 Å². The van der Waals surface area contributed by atoms with Gasteiger partial charge in [-0.3, -0.25) is 14.5 Å². The van der Waals surface area contributed by atoms with Gasteiger partial charge in [0.25, 0.3) is 5.91 Å². The first-order valence-electron chi connectivity index (χ1n) is 10.9. The fraction of sp³-hybridized carbons (Fsp3) is 0.143. The van der Waals surface area contributed by atoms with E-state index >= 15 is 0 Å². The van der Waals surface area contributed by atoms with Crippen LogP contribution in [0.5, 0.6) is 11.5 Å². The summed E-state index contributed by atoms with van der Waals surface area (Å²) in [5.74, 6) is -0.327. The van der Waals surface area contributed by atoms with Gasteiger partial charge in [0.15, 0.2) is 11.5 Å². The number of hydrogen-bond donors (Lipinski definition) is 1. The third kappa shape index (κ3) is 4.57. The fourth-order valence-electron chi connectivity index (χ4n) is 3.92. The maximum Gasteiger partial charge on any atom is 0.294 e. The number of carbonyl (C=O) groups excluding carboxylic acids is 2. The van der Waals surface area contributed by atoms with Crippen molar-refractivity contribution in [2.24, 2.45) is 0 Å².